The lowest BCUT2D eigenvalue weighted by Gasteiger charge is -2.59. The molecule has 1 aromatic heterocycles. The van der Waals surface area contributed by atoms with Crippen LogP contribution in [0, 0.1) is 16.7 Å². The molecule has 9 atom stereocenters. The lowest BCUT2D eigenvalue weighted by Crippen LogP contribution is -2.73. The van der Waals surface area contributed by atoms with Crippen molar-refractivity contribution >= 4 is 5.97 Å². The fourth-order valence-electron chi connectivity index (χ4n) is 8.95. The van der Waals surface area contributed by atoms with E-state index in [1.165, 1.54) is 13.0 Å². The van der Waals surface area contributed by atoms with Crippen molar-refractivity contribution in [2.45, 2.75) is 86.9 Å². The van der Waals surface area contributed by atoms with E-state index < -0.39 is 62.6 Å². The van der Waals surface area contributed by atoms with E-state index >= 15 is 0 Å². The van der Waals surface area contributed by atoms with E-state index in [1.807, 2.05) is 0 Å². The molecular formula is C24H31NO8. The van der Waals surface area contributed by atoms with Crippen molar-refractivity contribution in [3.63, 3.8) is 0 Å². The van der Waals surface area contributed by atoms with E-state index in [1.54, 1.807) is 45.2 Å². The number of carbonyl (C=O) groups is 1. The third-order valence-corrected chi connectivity index (χ3v) is 10.5. The van der Waals surface area contributed by atoms with Crippen molar-refractivity contribution in [3.05, 3.63) is 36.2 Å². The molecule has 3 saturated carbocycles. The molecule has 180 valence electrons. The van der Waals surface area contributed by atoms with Crippen LogP contribution in [0.4, 0.5) is 0 Å². The number of ether oxygens (including phenoxy) is 2. The number of aliphatic hydroxyl groups is 5. The van der Waals surface area contributed by atoms with Gasteiger partial charge in [0.25, 0.3) is 0 Å². The molecule has 9 nitrogen and oxygen atoms in total. The van der Waals surface area contributed by atoms with Gasteiger partial charge in [0.15, 0.2) is 11.9 Å². The van der Waals surface area contributed by atoms with Crippen LogP contribution in [-0.4, -0.2) is 76.4 Å². The minimum atomic E-state index is -2.34. The van der Waals surface area contributed by atoms with Crippen LogP contribution >= 0.6 is 0 Å². The van der Waals surface area contributed by atoms with Crippen molar-refractivity contribution in [1.29, 1.82) is 0 Å². The standard InChI is InChI=1S/C24H31NO8/c1-13(2)22(29)16(32-15(26)14-8-7-11-25-14)23(30)17(3)12-21(28)18(22,4)24(23,31)20(33-21)10-6-5-9-19(17,20)27/h5-8,11,13,16,25,27-31H,9-10,12H2,1-4H3/t16-,17+,18-,19+,20-,21+,22-,23-,24+/m1/s1. The molecule has 33 heavy (non-hydrogen) atoms. The van der Waals surface area contributed by atoms with Crippen molar-refractivity contribution in [3.8, 4) is 0 Å². The molecule has 1 spiro atoms. The summed E-state index contributed by atoms with van der Waals surface area (Å²) < 4.78 is 12.1. The van der Waals surface area contributed by atoms with Gasteiger partial charge in [-0.15, -0.1) is 0 Å². The predicted molar refractivity (Wildman–Crippen MR) is 113 cm³/mol. The van der Waals surface area contributed by atoms with Crippen LogP contribution < -0.4 is 0 Å². The second-order valence-electron chi connectivity index (χ2n) is 11.4. The second-order valence-corrected chi connectivity index (χ2v) is 11.4. The van der Waals surface area contributed by atoms with Crippen LogP contribution in [-0.2, 0) is 9.47 Å². The van der Waals surface area contributed by atoms with Gasteiger partial charge in [0.2, 0.25) is 0 Å². The number of rotatable bonds is 3. The van der Waals surface area contributed by atoms with Crippen LogP contribution in [0.5, 0.6) is 0 Å². The summed E-state index contributed by atoms with van der Waals surface area (Å²) in [7, 11) is 0. The minimum Gasteiger partial charge on any atom is -0.451 e. The summed E-state index contributed by atoms with van der Waals surface area (Å²) in [5, 5.41) is 61.7. The smallest absolute Gasteiger partial charge is 0.355 e. The van der Waals surface area contributed by atoms with Gasteiger partial charge in [-0.3, -0.25) is 0 Å². The van der Waals surface area contributed by atoms with Gasteiger partial charge < -0.3 is 40.0 Å². The zero-order valence-corrected chi connectivity index (χ0v) is 19.1. The monoisotopic (exact) mass is 461 g/mol. The Morgan fingerprint density at radius 2 is 1.82 bits per heavy atom. The third kappa shape index (κ3) is 1.56. The highest BCUT2D eigenvalue weighted by Gasteiger charge is 3.08. The van der Waals surface area contributed by atoms with Gasteiger partial charge in [-0.1, -0.05) is 32.9 Å². The highest BCUT2D eigenvalue weighted by atomic mass is 16.7. The Morgan fingerprint density at radius 3 is 2.42 bits per heavy atom. The van der Waals surface area contributed by atoms with Crippen LogP contribution in [0.25, 0.3) is 0 Å². The molecule has 6 aliphatic rings. The quantitative estimate of drug-likeness (QED) is 0.279. The summed E-state index contributed by atoms with van der Waals surface area (Å²) in [6.07, 6.45) is 3.20. The summed E-state index contributed by atoms with van der Waals surface area (Å²) in [4.78, 5) is 15.8. The lowest BCUT2D eigenvalue weighted by atomic mass is 9.52. The van der Waals surface area contributed by atoms with E-state index in [4.69, 9.17) is 9.47 Å². The Balaban J connectivity index is 1.68. The number of nitrogens with one attached hydrogen (secondary N) is 1. The van der Waals surface area contributed by atoms with Gasteiger partial charge in [0, 0.05) is 24.5 Å². The van der Waals surface area contributed by atoms with Crippen LogP contribution in [0.15, 0.2) is 30.5 Å². The number of aromatic amines is 1. The summed E-state index contributed by atoms with van der Waals surface area (Å²) in [6.45, 7) is 6.40. The number of esters is 1. The fraction of sp³-hybridized carbons (Fsp3) is 0.708. The van der Waals surface area contributed by atoms with Crippen molar-refractivity contribution in [2.75, 3.05) is 0 Å². The maximum Gasteiger partial charge on any atom is 0.355 e. The number of H-pyrrole nitrogens is 1. The molecule has 2 saturated heterocycles. The number of hydrogen-bond acceptors (Lipinski definition) is 8. The van der Waals surface area contributed by atoms with Crippen molar-refractivity contribution in [2.24, 2.45) is 16.7 Å². The molecule has 7 rings (SSSR count). The molecule has 0 aromatic carbocycles. The first-order valence-corrected chi connectivity index (χ1v) is 11.5. The molecule has 4 aliphatic carbocycles. The largest absolute Gasteiger partial charge is 0.451 e. The van der Waals surface area contributed by atoms with E-state index in [0.29, 0.717) is 0 Å². The highest BCUT2D eigenvalue weighted by molar-refractivity contribution is 5.87. The van der Waals surface area contributed by atoms with E-state index in [0.717, 1.165) is 0 Å². The van der Waals surface area contributed by atoms with Gasteiger partial charge >= 0.3 is 5.97 Å². The first kappa shape index (κ1) is 21.8. The van der Waals surface area contributed by atoms with Crippen LogP contribution in [0.1, 0.15) is 57.4 Å². The third-order valence-electron chi connectivity index (χ3n) is 10.5. The molecule has 6 N–H and O–H groups in total. The Labute approximate surface area is 191 Å². The van der Waals surface area contributed by atoms with Crippen molar-refractivity contribution < 1.29 is 39.8 Å². The first-order valence-electron chi connectivity index (χ1n) is 11.5. The zero-order valence-electron chi connectivity index (χ0n) is 19.1. The molecule has 9 heteroatoms. The summed E-state index contributed by atoms with van der Waals surface area (Å²) in [5.41, 5.74) is -13.7. The van der Waals surface area contributed by atoms with E-state index in [-0.39, 0.29) is 25.0 Å². The lowest BCUT2D eigenvalue weighted by molar-refractivity contribution is -0.371. The topological polar surface area (TPSA) is 152 Å². The van der Waals surface area contributed by atoms with Gasteiger partial charge in [-0.2, -0.15) is 0 Å². The van der Waals surface area contributed by atoms with Gasteiger partial charge in [0.05, 0.1) is 5.41 Å². The summed E-state index contributed by atoms with van der Waals surface area (Å²) in [6, 6.07) is 3.11. The molecule has 6 bridgehead atoms. The Kier molecular flexibility index (Phi) is 3.56. The molecular weight excluding hydrogens is 430 g/mol. The number of hydrogen-bond donors (Lipinski definition) is 6. The van der Waals surface area contributed by atoms with Crippen molar-refractivity contribution in [1.82, 2.24) is 4.98 Å². The molecule has 0 amide bonds. The molecule has 0 radical (unpaired) electrons. The van der Waals surface area contributed by atoms with Crippen LogP contribution in [0.2, 0.25) is 0 Å². The average molecular weight is 462 g/mol. The first-order chi connectivity index (χ1) is 15.2. The van der Waals surface area contributed by atoms with Gasteiger partial charge in [0.1, 0.15) is 33.7 Å². The molecule has 2 aliphatic heterocycles. The SMILES string of the molecule is CC(C)[C@@]1(O)[C@@H](OC(=O)c2ccc[nH]2)[C@@]2(O)[C@@]3(C)C[C@]4(O)O[C@@]5(CC=CC[C@]35O)[C@@]2(O)[C@@]14C. The number of aromatic nitrogens is 1. The molecule has 1 aromatic rings. The predicted octanol–water partition coefficient (Wildman–Crippen LogP) is 0.372. The Hall–Kier alpha value is -1.75. The normalized spacial score (nSPS) is 57.7. The van der Waals surface area contributed by atoms with E-state index in [2.05, 4.69) is 4.98 Å². The number of carbonyl (C=O) groups excluding carboxylic acids is 1. The Bertz CT molecular complexity index is 1100. The highest BCUT2D eigenvalue weighted by Crippen LogP contribution is 2.90. The second kappa shape index (κ2) is 5.40. The molecule has 3 heterocycles. The van der Waals surface area contributed by atoms with Gasteiger partial charge in [-0.25, -0.2) is 4.79 Å². The maximum absolute atomic E-state index is 13.1. The average Bonchev–Trinajstić information content (AvgIpc) is 3.36. The molecule has 5 fully saturated rings. The zero-order chi connectivity index (χ0) is 24.1. The van der Waals surface area contributed by atoms with Gasteiger partial charge in [-0.05, 0) is 31.4 Å². The van der Waals surface area contributed by atoms with E-state index in [9.17, 15) is 30.3 Å². The fourth-order valence-corrected chi connectivity index (χ4v) is 8.95. The maximum atomic E-state index is 13.1. The Morgan fingerprint density at radius 1 is 1.15 bits per heavy atom. The molecule has 0 unspecified atom stereocenters. The van der Waals surface area contributed by atoms with Crippen LogP contribution in [0.3, 0.4) is 0 Å². The minimum absolute atomic E-state index is 0.0151. The summed E-state index contributed by atoms with van der Waals surface area (Å²) >= 11 is 0. The summed E-state index contributed by atoms with van der Waals surface area (Å²) in [5.74, 6) is -3.60.